The van der Waals surface area contributed by atoms with Crippen molar-refractivity contribution in [2.24, 2.45) is 5.92 Å². The minimum Gasteiger partial charge on any atom is -0.445 e. The van der Waals surface area contributed by atoms with E-state index in [0.29, 0.717) is 30.7 Å². The molecule has 2 N–H and O–H groups in total. The van der Waals surface area contributed by atoms with Crippen molar-refractivity contribution < 1.29 is 12.8 Å². The lowest BCUT2D eigenvalue weighted by Gasteiger charge is -2.31. The average Bonchev–Trinajstić information content (AvgIpc) is 2.89. The van der Waals surface area contributed by atoms with Crippen LogP contribution in [-0.2, 0) is 16.8 Å². The smallest absolute Gasteiger partial charge is 0.279 e. The third-order valence-corrected chi connectivity index (χ3v) is 5.23. The maximum Gasteiger partial charge on any atom is 0.279 e. The second-order valence-electron chi connectivity index (χ2n) is 5.34. The maximum absolute atomic E-state index is 12.2. The highest BCUT2D eigenvalue weighted by Gasteiger charge is 2.27. The molecule has 0 atom stereocenters. The minimum absolute atomic E-state index is 0.0908. The van der Waals surface area contributed by atoms with Crippen molar-refractivity contribution in [1.82, 2.24) is 19.3 Å². The zero-order valence-corrected chi connectivity index (χ0v) is 13.4. The van der Waals surface area contributed by atoms with Crippen LogP contribution in [0.15, 0.2) is 10.6 Å². The fourth-order valence-corrected chi connectivity index (χ4v) is 3.61. The zero-order chi connectivity index (χ0) is 15.3. The number of piperidine rings is 1. The van der Waals surface area contributed by atoms with Gasteiger partial charge >= 0.3 is 0 Å². The van der Waals surface area contributed by atoms with Gasteiger partial charge in [0.2, 0.25) is 5.89 Å². The normalized spacial score (nSPS) is 18.2. The van der Waals surface area contributed by atoms with Crippen molar-refractivity contribution in [3.8, 4) is 0 Å². The molecule has 0 saturated carbocycles. The third-order valence-electron chi connectivity index (χ3n) is 3.67. The van der Waals surface area contributed by atoms with Crippen LogP contribution >= 0.6 is 0 Å². The molecule has 1 aromatic heterocycles. The Kier molecular flexibility index (Phi) is 5.74. The summed E-state index contributed by atoms with van der Waals surface area (Å²) >= 11 is 0. The van der Waals surface area contributed by atoms with E-state index in [1.807, 2.05) is 0 Å². The van der Waals surface area contributed by atoms with E-state index in [1.165, 1.54) is 4.31 Å². The van der Waals surface area contributed by atoms with Crippen molar-refractivity contribution in [3.63, 3.8) is 0 Å². The Hall–Kier alpha value is -0.960. The van der Waals surface area contributed by atoms with E-state index in [-0.39, 0.29) is 6.54 Å². The van der Waals surface area contributed by atoms with Gasteiger partial charge < -0.3 is 9.73 Å². The molecule has 0 spiro atoms. The van der Waals surface area contributed by atoms with Crippen molar-refractivity contribution in [2.75, 3.05) is 26.2 Å². The molecule has 1 aromatic rings. The van der Waals surface area contributed by atoms with Gasteiger partial charge in [0, 0.05) is 13.1 Å². The summed E-state index contributed by atoms with van der Waals surface area (Å²) in [6.07, 6.45) is 3.37. The fraction of sp³-hybridized carbons (Fsp3) is 0.769. The molecule has 120 valence electrons. The second-order valence-corrected chi connectivity index (χ2v) is 7.10. The van der Waals surface area contributed by atoms with Crippen LogP contribution < -0.4 is 10.0 Å². The van der Waals surface area contributed by atoms with Gasteiger partial charge in [-0.1, -0.05) is 6.92 Å². The molecule has 0 radical (unpaired) electrons. The van der Waals surface area contributed by atoms with Crippen LogP contribution in [0, 0.1) is 12.8 Å². The molecule has 0 aromatic carbocycles. The minimum atomic E-state index is -3.45. The van der Waals surface area contributed by atoms with Gasteiger partial charge in [0.1, 0.15) is 5.76 Å². The largest absolute Gasteiger partial charge is 0.445 e. The summed E-state index contributed by atoms with van der Waals surface area (Å²) in [5, 5.41) is 3.32. The fourth-order valence-electron chi connectivity index (χ4n) is 2.43. The highest BCUT2D eigenvalue weighted by atomic mass is 32.2. The van der Waals surface area contributed by atoms with Gasteiger partial charge in [-0.25, -0.2) is 4.98 Å². The Balaban J connectivity index is 1.81. The third kappa shape index (κ3) is 4.77. The standard InChI is InChI=1S/C13H24N4O3S/c1-3-14-9-12-4-6-17(7-5-12)21(18,19)16-10-13-15-8-11(2)20-13/h8,12,14,16H,3-7,9-10H2,1-2H3. The molecule has 2 heterocycles. The van der Waals surface area contributed by atoms with E-state index in [1.54, 1.807) is 13.1 Å². The maximum atomic E-state index is 12.2. The number of nitrogens with one attached hydrogen (secondary N) is 2. The first-order valence-electron chi connectivity index (χ1n) is 7.38. The topological polar surface area (TPSA) is 87.5 Å². The predicted molar refractivity (Wildman–Crippen MR) is 79.8 cm³/mol. The average molecular weight is 316 g/mol. The van der Waals surface area contributed by atoms with Gasteiger partial charge in [-0.15, -0.1) is 0 Å². The van der Waals surface area contributed by atoms with Gasteiger partial charge in [-0.2, -0.15) is 17.4 Å². The van der Waals surface area contributed by atoms with Crippen molar-refractivity contribution in [2.45, 2.75) is 33.2 Å². The number of hydrogen-bond acceptors (Lipinski definition) is 5. The predicted octanol–water partition coefficient (Wildman–Crippen LogP) is 0.639. The molecule has 0 amide bonds. The molecule has 8 heteroatoms. The van der Waals surface area contributed by atoms with Crippen LogP contribution in [-0.4, -0.2) is 43.9 Å². The number of aromatic nitrogens is 1. The molecule has 0 unspecified atom stereocenters. The second kappa shape index (κ2) is 7.35. The molecule has 1 saturated heterocycles. The van der Waals surface area contributed by atoms with E-state index in [0.717, 1.165) is 25.9 Å². The Labute approximate surface area is 126 Å². The molecule has 21 heavy (non-hydrogen) atoms. The number of aryl methyl sites for hydroxylation is 1. The molecule has 1 fully saturated rings. The van der Waals surface area contributed by atoms with Gasteiger partial charge in [-0.3, -0.25) is 0 Å². The monoisotopic (exact) mass is 316 g/mol. The summed E-state index contributed by atoms with van der Waals surface area (Å²) in [6, 6.07) is 0. The number of nitrogens with zero attached hydrogens (tertiary/aromatic N) is 2. The lowest BCUT2D eigenvalue weighted by Crippen LogP contribution is -2.45. The summed E-state index contributed by atoms with van der Waals surface area (Å²) in [4.78, 5) is 3.99. The SMILES string of the molecule is CCNCC1CCN(S(=O)(=O)NCc2ncc(C)o2)CC1. The Bertz CT molecular complexity index is 535. The lowest BCUT2D eigenvalue weighted by molar-refractivity contribution is 0.265. The highest BCUT2D eigenvalue weighted by Crippen LogP contribution is 2.18. The summed E-state index contributed by atoms with van der Waals surface area (Å²) in [7, 11) is -3.45. The van der Waals surface area contributed by atoms with Crippen LogP contribution in [0.25, 0.3) is 0 Å². The zero-order valence-electron chi connectivity index (χ0n) is 12.6. The quantitative estimate of drug-likeness (QED) is 0.771. The first kappa shape index (κ1) is 16.4. The van der Waals surface area contributed by atoms with E-state index < -0.39 is 10.2 Å². The van der Waals surface area contributed by atoms with Crippen molar-refractivity contribution in [3.05, 3.63) is 17.8 Å². The van der Waals surface area contributed by atoms with Crippen LogP contribution in [0.3, 0.4) is 0 Å². The molecular weight excluding hydrogens is 292 g/mol. The molecule has 1 aliphatic rings. The van der Waals surface area contributed by atoms with E-state index in [9.17, 15) is 8.42 Å². The Morgan fingerprint density at radius 2 is 2.14 bits per heavy atom. The van der Waals surface area contributed by atoms with Gasteiger partial charge in [0.05, 0.1) is 12.7 Å². The number of oxazole rings is 1. The number of rotatable bonds is 7. The lowest BCUT2D eigenvalue weighted by atomic mass is 9.98. The molecule has 7 nitrogen and oxygen atoms in total. The molecule has 0 aliphatic carbocycles. The van der Waals surface area contributed by atoms with Crippen LogP contribution in [0.5, 0.6) is 0 Å². The van der Waals surface area contributed by atoms with Gasteiger partial charge in [0.15, 0.2) is 0 Å². The van der Waals surface area contributed by atoms with Crippen LogP contribution in [0.1, 0.15) is 31.4 Å². The van der Waals surface area contributed by atoms with Crippen molar-refractivity contribution >= 4 is 10.2 Å². The number of hydrogen-bond donors (Lipinski definition) is 2. The molecule has 1 aliphatic heterocycles. The van der Waals surface area contributed by atoms with Gasteiger partial charge in [-0.05, 0) is 38.8 Å². The summed E-state index contributed by atoms with van der Waals surface area (Å²) in [6.45, 7) is 7.00. The van der Waals surface area contributed by atoms with E-state index in [4.69, 9.17) is 4.42 Å². The molecular formula is C13H24N4O3S. The molecule has 2 rings (SSSR count). The Morgan fingerprint density at radius 1 is 1.43 bits per heavy atom. The van der Waals surface area contributed by atoms with E-state index >= 15 is 0 Å². The molecule has 0 bridgehead atoms. The van der Waals surface area contributed by atoms with Gasteiger partial charge in [0.25, 0.3) is 10.2 Å². The highest BCUT2D eigenvalue weighted by molar-refractivity contribution is 7.87. The van der Waals surface area contributed by atoms with Crippen molar-refractivity contribution in [1.29, 1.82) is 0 Å². The van der Waals surface area contributed by atoms with Crippen LogP contribution in [0.2, 0.25) is 0 Å². The van der Waals surface area contributed by atoms with Crippen LogP contribution in [0.4, 0.5) is 0 Å². The first-order chi connectivity index (χ1) is 10.0. The summed E-state index contributed by atoms with van der Waals surface area (Å²) < 4.78 is 33.7. The summed E-state index contributed by atoms with van der Waals surface area (Å²) in [5.74, 6) is 1.62. The first-order valence-corrected chi connectivity index (χ1v) is 8.82. The summed E-state index contributed by atoms with van der Waals surface area (Å²) in [5.41, 5.74) is 0. The Morgan fingerprint density at radius 3 is 2.71 bits per heavy atom. The van der Waals surface area contributed by atoms with E-state index in [2.05, 4.69) is 21.9 Å².